The third kappa shape index (κ3) is 3.75. The van der Waals surface area contributed by atoms with E-state index in [0.717, 1.165) is 11.1 Å². The molecule has 1 atom stereocenters. The fraction of sp³-hybridized carbons (Fsp3) is 0.150. The van der Waals surface area contributed by atoms with Gasteiger partial charge in [0.05, 0.1) is 6.54 Å². The number of aryl methyl sites for hydroxylation is 1. The van der Waals surface area contributed by atoms with E-state index >= 15 is 0 Å². The van der Waals surface area contributed by atoms with Gasteiger partial charge in [-0.25, -0.2) is 14.4 Å². The summed E-state index contributed by atoms with van der Waals surface area (Å²) in [4.78, 5) is 21.6. The summed E-state index contributed by atoms with van der Waals surface area (Å²) in [5.74, 6) is 0.513. The first kappa shape index (κ1) is 18.2. The second-order valence-electron chi connectivity index (χ2n) is 6.44. The Kier molecular flexibility index (Phi) is 4.83. The topological polar surface area (TPSA) is 71.3 Å². The molecule has 0 amide bonds. The van der Waals surface area contributed by atoms with Crippen LogP contribution in [0.3, 0.4) is 0 Å². The van der Waals surface area contributed by atoms with Crippen molar-refractivity contribution < 1.29 is 4.39 Å². The zero-order valence-corrected chi connectivity index (χ0v) is 15.7. The molecule has 0 saturated heterocycles. The van der Waals surface area contributed by atoms with Gasteiger partial charge < -0.3 is 5.32 Å². The Labute approximate surface area is 165 Å². The van der Waals surface area contributed by atoms with E-state index in [1.165, 1.54) is 22.8 Å². The Balaban J connectivity index is 1.71. The highest BCUT2D eigenvalue weighted by atomic mass is 35.5. The van der Waals surface area contributed by atoms with Crippen molar-refractivity contribution in [2.45, 2.75) is 19.6 Å². The average molecular weight is 398 g/mol. The molecule has 0 saturated carbocycles. The van der Waals surface area contributed by atoms with Crippen molar-refractivity contribution in [2.75, 3.05) is 5.32 Å². The van der Waals surface area contributed by atoms with Crippen molar-refractivity contribution in [3.05, 3.63) is 92.6 Å². The summed E-state index contributed by atoms with van der Waals surface area (Å²) in [5, 5.41) is 6.92. The number of guanidine groups is 1. The second kappa shape index (κ2) is 7.44. The summed E-state index contributed by atoms with van der Waals surface area (Å²) in [7, 11) is 0. The maximum Gasteiger partial charge on any atom is 0.257 e. The summed E-state index contributed by atoms with van der Waals surface area (Å²) < 4.78 is 14.8. The Morgan fingerprint density at radius 3 is 2.61 bits per heavy atom. The Bertz CT molecular complexity index is 1090. The van der Waals surface area contributed by atoms with Crippen LogP contribution in [0.1, 0.15) is 23.0 Å². The number of aromatic nitrogens is 2. The lowest BCUT2D eigenvalue weighted by atomic mass is 10.1. The van der Waals surface area contributed by atoms with Crippen LogP contribution in [0.5, 0.6) is 0 Å². The fourth-order valence-corrected chi connectivity index (χ4v) is 3.13. The Morgan fingerprint density at radius 2 is 1.89 bits per heavy atom. The van der Waals surface area contributed by atoms with Crippen LogP contribution in [0, 0.1) is 12.7 Å². The third-order valence-corrected chi connectivity index (χ3v) is 4.61. The van der Waals surface area contributed by atoms with E-state index in [9.17, 15) is 9.18 Å². The number of rotatable bonds is 3. The van der Waals surface area contributed by atoms with E-state index in [1.807, 2.05) is 12.1 Å². The molecule has 1 aliphatic heterocycles. The van der Waals surface area contributed by atoms with Gasteiger partial charge >= 0.3 is 0 Å². The van der Waals surface area contributed by atoms with E-state index < -0.39 is 6.17 Å². The molecule has 2 heterocycles. The van der Waals surface area contributed by atoms with Crippen molar-refractivity contribution in [1.29, 1.82) is 0 Å². The monoisotopic (exact) mass is 397 g/mol. The predicted molar refractivity (Wildman–Crippen MR) is 107 cm³/mol. The SMILES string of the molecule is Cc1cc(=O)n2c(n1)NC(=NCc1ccc(Cl)cc1)N[C@H]2c1ccc(F)cc1. The largest absolute Gasteiger partial charge is 0.331 e. The molecular formula is C20H17ClFN5O. The first-order valence-electron chi connectivity index (χ1n) is 8.68. The third-order valence-electron chi connectivity index (χ3n) is 4.36. The van der Waals surface area contributed by atoms with E-state index in [4.69, 9.17) is 11.6 Å². The molecule has 3 aromatic rings. The number of fused-ring (bicyclic) bond motifs is 1. The van der Waals surface area contributed by atoms with Gasteiger partial charge in [0.1, 0.15) is 12.0 Å². The molecule has 1 aliphatic rings. The van der Waals surface area contributed by atoms with Gasteiger partial charge in [-0.05, 0) is 42.3 Å². The van der Waals surface area contributed by atoms with Crippen LogP contribution in [-0.4, -0.2) is 15.5 Å². The normalized spacial score (nSPS) is 17.0. The highest BCUT2D eigenvalue weighted by molar-refractivity contribution is 6.30. The molecule has 2 N–H and O–H groups in total. The van der Waals surface area contributed by atoms with Gasteiger partial charge in [-0.3, -0.25) is 14.7 Å². The van der Waals surface area contributed by atoms with Crippen LogP contribution in [0.4, 0.5) is 10.3 Å². The summed E-state index contributed by atoms with van der Waals surface area (Å²) in [5.41, 5.74) is 2.09. The molecule has 0 unspecified atom stereocenters. The first-order chi connectivity index (χ1) is 13.5. The van der Waals surface area contributed by atoms with Gasteiger partial charge in [-0.2, -0.15) is 0 Å². The number of nitrogens with zero attached hydrogens (tertiary/aromatic N) is 3. The summed E-state index contributed by atoms with van der Waals surface area (Å²) in [6.07, 6.45) is -0.554. The molecule has 0 radical (unpaired) electrons. The number of aliphatic imine (C=N–C) groups is 1. The van der Waals surface area contributed by atoms with E-state index in [2.05, 4.69) is 20.6 Å². The van der Waals surface area contributed by atoms with E-state index in [0.29, 0.717) is 29.2 Å². The number of hydrogen-bond acceptors (Lipinski definition) is 3. The van der Waals surface area contributed by atoms with Gasteiger partial charge in [-0.1, -0.05) is 35.9 Å². The molecule has 4 rings (SSSR count). The zero-order valence-electron chi connectivity index (χ0n) is 15.0. The molecule has 0 fully saturated rings. The average Bonchev–Trinajstić information content (AvgIpc) is 2.67. The number of anilines is 1. The fourth-order valence-electron chi connectivity index (χ4n) is 3.00. The van der Waals surface area contributed by atoms with Gasteiger partial charge in [0.2, 0.25) is 5.95 Å². The van der Waals surface area contributed by atoms with Crippen LogP contribution >= 0.6 is 11.6 Å². The lowest BCUT2D eigenvalue weighted by molar-refractivity contribution is 0.513. The van der Waals surface area contributed by atoms with Crippen LogP contribution < -0.4 is 16.2 Å². The van der Waals surface area contributed by atoms with Gasteiger partial charge in [-0.15, -0.1) is 0 Å². The number of hydrogen-bond donors (Lipinski definition) is 2. The van der Waals surface area contributed by atoms with E-state index in [-0.39, 0.29) is 11.4 Å². The number of benzene rings is 2. The van der Waals surface area contributed by atoms with Crippen molar-refractivity contribution in [1.82, 2.24) is 14.9 Å². The molecule has 6 nitrogen and oxygen atoms in total. The zero-order chi connectivity index (χ0) is 19.7. The maximum atomic E-state index is 13.3. The second-order valence-corrected chi connectivity index (χ2v) is 6.88. The Morgan fingerprint density at radius 1 is 1.18 bits per heavy atom. The predicted octanol–water partition coefficient (Wildman–Crippen LogP) is 3.46. The first-order valence-corrected chi connectivity index (χ1v) is 9.05. The summed E-state index contributed by atoms with van der Waals surface area (Å²) >= 11 is 5.92. The molecule has 28 heavy (non-hydrogen) atoms. The Hall–Kier alpha value is -3.19. The van der Waals surface area contributed by atoms with Crippen molar-refractivity contribution >= 4 is 23.5 Å². The minimum atomic E-state index is -0.554. The maximum absolute atomic E-state index is 13.3. The van der Waals surface area contributed by atoms with Crippen molar-refractivity contribution in [3.8, 4) is 0 Å². The van der Waals surface area contributed by atoms with Crippen LogP contribution in [-0.2, 0) is 6.54 Å². The lowest BCUT2D eigenvalue weighted by Gasteiger charge is -2.31. The molecule has 0 bridgehead atoms. The minimum Gasteiger partial charge on any atom is -0.331 e. The molecule has 0 spiro atoms. The molecule has 2 aromatic carbocycles. The van der Waals surface area contributed by atoms with Crippen molar-refractivity contribution in [3.63, 3.8) is 0 Å². The van der Waals surface area contributed by atoms with Crippen LogP contribution in [0.2, 0.25) is 5.02 Å². The molecule has 142 valence electrons. The molecule has 1 aromatic heterocycles. The minimum absolute atomic E-state index is 0.214. The summed E-state index contributed by atoms with van der Waals surface area (Å²) in [6, 6.07) is 14.8. The van der Waals surface area contributed by atoms with Crippen LogP contribution in [0.15, 0.2) is 64.4 Å². The quantitative estimate of drug-likeness (QED) is 0.710. The highest BCUT2D eigenvalue weighted by Crippen LogP contribution is 2.22. The van der Waals surface area contributed by atoms with E-state index in [1.54, 1.807) is 31.2 Å². The van der Waals surface area contributed by atoms with Gasteiger partial charge in [0.25, 0.3) is 5.56 Å². The number of halogens is 2. The van der Waals surface area contributed by atoms with Gasteiger partial charge in [0, 0.05) is 16.8 Å². The molecule has 0 aliphatic carbocycles. The lowest BCUT2D eigenvalue weighted by Crippen LogP contribution is -2.48. The number of nitrogens with one attached hydrogen (secondary N) is 2. The van der Waals surface area contributed by atoms with Crippen LogP contribution in [0.25, 0.3) is 0 Å². The standard InChI is InChI=1S/C20H17ClFN5O/c1-12-10-17(28)27-18(14-4-8-16(22)9-5-14)25-19(26-20(27)24-12)23-11-13-2-6-15(21)7-3-13/h2-10,18H,11H2,1H3,(H2,23,24,25,26)/t18-/m1/s1. The van der Waals surface area contributed by atoms with Gasteiger partial charge in [0.15, 0.2) is 5.96 Å². The van der Waals surface area contributed by atoms with Crippen molar-refractivity contribution in [2.24, 2.45) is 4.99 Å². The molecule has 8 heteroatoms. The highest BCUT2D eigenvalue weighted by Gasteiger charge is 2.26. The summed E-state index contributed by atoms with van der Waals surface area (Å²) in [6.45, 7) is 2.17. The smallest absolute Gasteiger partial charge is 0.257 e. The molecular weight excluding hydrogens is 381 g/mol.